The van der Waals surface area contributed by atoms with Gasteiger partial charge in [-0.15, -0.1) is 0 Å². The van der Waals surface area contributed by atoms with E-state index in [1.54, 1.807) is 6.33 Å². The number of carbonyl (C=O) groups excluding carboxylic acids is 1. The Hall–Kier alpha value is -2.14. The Morgan fingerprint density at radius 2 is 2.12 bits per heavy atom. The average Bonchev–Trinajstić information content (AvgIpc) is 3.02. The van der Waals surface area contributed by atoms with Crippen LogP contribution in [-0.4, -0.2) is 28.0 Å². The van der Waals surface area contributed by atoms with Crippen LogP contribution in [0.15, 0.2) is 42.9 Å². The maximum absolute atomic E-state index is 12.3. The SMILES string of the molecule is CCC1(CNC(=O)[C@@H](N)Cc2cn(Cc3ccccc3)cn2)CCC1. The number of amides is 1. The zero-order chi connectivity index (χ0) is 17.7. The van der Waals surface area contributed by atoms with Crippen molar-refractivity contribution in [2.45, 2.75) is 51.6 Å². The Morgan fingerprint density at radius 1 is 1.36 bits per heavy atom. The van der Waals surface area contributed by atoms with E-state index in [4.69, 9.17) is 5.73 Å². The predicted octanol–water partition coefficient (Wildman–Crippen LogP) is 2.50. The van der Waals surface area contributed by atoms with Gasteiger partial charge in [0.25, 0.3) is 0 Å². The number of aromatic nitrogens is 2. The molecule has 1 heterocycles. The lowest BCUT2D eigenvalue weighted by atomic mass is 9.67. The van der Waals surface area contributed by atoms with E-state index >= 15 is 0 Å². The van der Waals surface area contributed by atoms with Gasteiger partial charge in [0.05, 0.1) is 18.1 Å². The summed E-state index contributed by atoms with van der Waals surface area (Å²) in [6.07, 6.45) is 9.05. The monoisotopic (exact) mass is 340 g/mol. The maximum Gasteiger partial charge on any atom is 0.237 e. The van der Waals surface area contributed by atoms with Crippen LogP contribution in [0.4, 0.5) is 0 Å². The smallest absolute Gasteiger partial charge is 0.237 e. The van der Waals surface area contributed by atoms with Crippen molar-refractivity contribution in [3.63, 3.8) is 0 Å². The molecule has 1 aromatic heterocycles. The normalized spacial score (nSPS) is 16.9. The Morgan fingerprint density at radius 3 is 2.76 bits per heavy atom. The number of nitrogens with one attached hydrogen (secondary N) is 1. The first-order valence-electron chi connectivity index (χ1n) is 9.18. The number of hydrogen-bond donors (Lipinski definition) is 2. The molecule has 2 aromatic rings. The highest BCUT2D eigenvalue weighted by Gasteiger charge is 2.35. The Bertz CT molecular complexity index is 685. The Labute approximate surface area is 149 Å². The third-order valence-corrected chi connectivity index (χ3v) is 5.46. The molecule has 0 saturated heterocycles. The predicted molar refractivity (Wildman–Crippen MR) is 99.0 cm³/mol. The lowest BCUT2D eigenvalue weighted by molar-refractivity contribution is -0.123. The largest absolute Gasteiger partial charge is 0.354 e. The second-order valence-corrected chi connectivity index (χ2v) is 7.26. The van der Waals surface area contributed by atoms with Gasteiger partial charge in [-0.1, -0.05) is 43.7 Å². The summed E-state index contributed by atoms with van der Waals surface area (Å²) in [4.78, 5) is 16.7. The minimum atomic E-state index is -0.547. The summed E-state index contributed by atoms with van der Waals surface area (Å²) in [7, 11) is 0. The molecule has 25 heavy (non-hydrogen) atoms. The third-order valence-electron chi connectivity index (χ3n) is 5.46. The number of nitrogens with two attached hydrogens (primary N) is 1. The molecule has 1 aliphatic rings. The number of nitrogens with zero attached hydrogens (tertiary/aromatic N) is 2. The Balaban J connectivity index is 1.49. The van der Waals surface area contributed by atoms with E-state index in [9.17, 15) is 4.79 Å². The van der Waals surface area contributed by atoms with Crippen LogP contribution in [0.2, 0.25) is 0 Å². The van der Waals surface area contributed by atoms with Crippen molar-refractivity contribution >= 4 is 5.91 Å². The first-order chi connectivity index (χ1) is 12.1. The summed E-state index contributed by atoms with van der Waals surface area (Å²) < 4.78 is 2.02. The van der Waals surface area contributed by atoms with Crippen LogP contribution < -0.4 is 11.1 Å². The van der Waals surface area contributed by atoms with Crippen LogP contribution in [0.3, 0.4) is 0 Å². The summed E-state index contributed by atoms with van der Waals surface area (Å²) in [6.45, 7) is 3.72. The second-order valence-electron chi connectivity index (χ2n) is 7.26. The summed E-state index contributed by atoms with van der Waals surface area (Å²) >= 11 is 0. The van der Waals surface area contributed by atoms with Gasteiger partial charge in [-0.2, -0.15) is 0 Å². The van der Waals surface area contributed by atoms with Crippen LogP contribution in [0.25, 0.3) is 0 Å². The van der Waals surface area contributed by atoms with Crippen molar-refractivity contribution in [3.8, 4) is 0 Å². The van der Waals surface area contributed by atoms with Gasteiger partial charge < -0.3 is 15.6 Å². The molecule has 0 unspecified atom stereocenters. The minimum absolute atomic E-state index is 0.0719. The van der Waals surface area contributed by atoms with E-state index in [-0.39, 0.29) is 5.91 Å². The van der Waals surface area contributed by atoms with Gasteiger partial charge in [0.15, 0.2) is 0 Å². The highest BCUT2D eigenvalue weighted by molar-refractivity contribution is 5.81. The first-order valence-corrected chi connectivity index (χ1v) is 9.18. The molecule has 0 bridgehead atoms. The molecule has 1 saturated carbocycles. The van der Waals surface area contributed by atoms with Gasteiger partial charge in [0, 0.05) is 25.7 Å². The van der Waals surface area contributed by atoms with E-state index in [2.05, 4.69) is 29.4 Å². The molecular weight excluding hydrogens is 312 g/mol. The fourth-order valence-electron chi connectivity index (χ4n) is 3.45. The number of rotatable bonds is 8. The molecule has 5 heteroatoms. The molecule has 1 fully saturated rings. The zero-order valence-corrected chi connectivity index (χ0v) is 14.9. The van der Waals surface area contributed by atoms with Crippen molar-refractivity contribution < 1.29 is 4.79 Å². The molecule has 1 aromatic carbocycles. The maximum atomic E-state index is 12.3. The van der Waals surface area contributed by atoms with E-state index in [0.717, 1.165) is 25.2 Å². The molecule has 1 atom stereocenters. The van der Waals surface area contributed by atoms with Crippen LogP contribution in [0, 0.1) is 5.41 Å². The van der Waals surface area contributed by atoms with E-state index in [0.29, 0.717) is 11.8 Å². The first kappa shape index (κ1) is 17.7. The van der Waals surface area contributed by atoms with Gasteiger partial charge in [-0.05, 0) is 30.2 Å². The molecule has 3 N–H and O–H groups in total. The van der Waals surface area contributed by atoms with Crippen LogP contribution >= 0.6 is 0 Å². The summed E-state index contributed by atoms with van der Waals surface area (Å²) in [6, 6.07) is 9.68. The molecule has 0 aliphatic heterocycles. The fourth-order valence-corrected chi connectivity index (χ4v) is 3.45. The van der Waals surface area contributed by atoms with Crippen molar-refractivity contribution in [3.05, 3.63) is 54.1 Å². The van der Waals surface area contributed by atoms with Gasteiger partial charge >= 0.3 is 0 Å². The lowest BCUT2D eigenvalue weighted by Crippen LogP contribution is -2.48. The van der Waals surface area contributed by atoms with E-state index in [1.165, 1.54) is 24.8 Å². The molecule has 1 aliphatic carbocycles. The molecule has 3 rings (SSSR count). The molecule has 0 radical (unpaired) electrons. The van der Waals surface area contributed by atoms with Crippen LogP contribution in [0.5, 0.6) is 0 Å². The third kappa shape index (κ3) is 4.48. The number of benzene rings is 1. The van der Waals surface area contributed by atoms with Crippen molar-refractivity contribution in [1.82, 2.24) is 14.9 Å². The highest BCUT2D eigenvalue weighted by atomic mass is 16.2. The summed E-state index contributed by atoms with van der Waals surface area (Å²) in [5, 5.41) is 3.04. The van der Waals surface area contributed by atoms with Crippen molar-refractivity contribution in [1.29, 1.82) is 0 Å². The number of carbonyl (C=O) groups is 1. The average molecular weight is 340 g/mol. The van der Waals surface area contributed by atoms with Crippen molar-refractivity contribution in [2.75, 3.05) is 6.54 Å². The van der Waals surface area contributed by atoms with Crippen molar-refractivity contribution in [2.24, 2.45) is 11.1 Å². The molecular formula is C20H28N4O. The number of imidazole rings is 1. The van der Waals surface area contributed by atoms with Gasteiger partial charge in [0.1, 0.15) is 0 Å². The van der Waals surface area contributed by atoms with Gasteiger partial charge in [0.2, 0.25) is 5.91 Å². The molecule has 1 amide bonds. The quantitative estimate of drug-likeness (QED) is 0.775. The standard InChI is InChI=1S/C20H28N4O/c1-2-20(9-6-10-20)14-22-19(25)18(21)11-17-13-24(15-23-17)12-16-7-4-3-5-8-16/h3-5,7-8,13,15,18H,2,6,9-12,14,21H2,1H3,(H,22,25)/t18-/m0/s1. The van der Waals surface area contributed by atoms with Crippen LogP contribution in [-0.2, 0) is 17.8 Å². The molecule has 0 spiro atoms. The molecule has 5 nitrogen and oxygen atoms in total. The summed E-state index contributed by atoms with van der Waals surface area (Å²) in [5.74, 6) is -0.0719. The van der Waals surface area contributed by atoms with Crippen LogP contribution in [0.1, 0.15) is 43.9 Å². The Kier molecular flexibility index (Phi) is 5.53. The highest BCUT2D eigenvalue weighted by Crippen LogP contribution is 2.43. The van der Waals surface area contributed by atoms with Gasteiger partial charge in [-0.3, -0.25) is 4.79 Å². The zero-order valence-electron chi connectivity index (χ0n) is 14.9. The van der Waals surface area contributed by atoms with Gasteiger partial charge in [-0.25, -0.2) is 4.98 Å². The second kappa shape index (κ2) is 7.83. The minimum Gasteiger partial charge on any atom is -0.354 e. The van der Waals surface area contributed by atoms with E-state index in [1.807, 2.05) is 29.0 Å². The lowest BCUT2D eigenvalue weighted by Gasteiger charge is -2.41. The fraction of sp³-hybridized carbons (Fsp3) is 0.500. The summed E-state index contributed by atoms with van der Waals surface area (Å²) in [5.41, 5.74) is 8.47. The topological polar surface area (TPSA) is 72.9 Å². The number of hydrogen-bond acceptors (Lipinski definition) is 3. The van der Waals surface area contributed by atoms with E-state index < -0.39 is 6.04 Å². The molecule has 134 valence electrons.